The van der Waals surface area contributed by atoms with E-state index in [2.05, 4.69) is 4.98 Å². The number of carbonyl (C=O) groups excluding carboxylic acids is 1. The molecule has 1 amide bonds. The highest BCUT2D eigenvalue weighted by atomic mass is 32.2. The molecule has 0 radical (unpaired) electrons. The molecule has 1 saturated heterocycles. The Morgan fingerprint density at radius 3 is 2.83 bits per heavy atom. The van der Waals surface area contributed by atoms with Gasteiger partial charge in [0.25, 0.3) is 5.91 Å². The van der Waals surface area contributed by atoms with Gasteiger partial charge in [-0.05, 0) is 6.42 Å². The third-order valence-corrected chi connectivity index (χ3v) is 4.45. The van der Waals surface area contributed by atoms with Crippen molar-refractivity contribution in [1.29, 1.82) is 0 Å². The van der Waals surface area contributed by atoms with Crippen molar-refractivity contribution in [2.24, 2.45) is 7.05 Å². The topological polar surface area (TPSA) is 75.4 Å². The summed E-state index contributed by atoms with van der Waals surface area (Å²) in [6.45, 7) is 1.95. The van der Waals surface area contributed by atoms with Crippen molar-refractivity contribution in [3.63, 3.8) is 0 Å². The number of carboxylic acid groups (broad SMARTS) is 1. The Hall–Kier alpha value is -1.50. The molecule has 0 aliphatic carbocycles. The van der Waals surface area contributed by atoms with Gasteiger partial charge in [0.1, 0.15) is 11.7 Å². The van der Waals surface area contributed by atoms with Gasteiger partial charge in [-0.15, -0.1) is 11.8 Å². The summed E-state index contributed by atoms with van der Waals surface area (Å²) in [6.07, 6.45) is 3.74. The van der Waals surface area contributed by atoms with Crippen LogP contribution in [0.5, 0.6) is 0 Å². The zero-order valence-electron chi connectivity index (χ0n) is 10.2. The summed E-state index contributed by atoms with van der Waals surface area (Å²) in [5.41, 5.74) is 0.419. The molecular formula is C11H15N3O3S. The predicted octanol–water partition coefficient (Wildman–Crippen LogP) is 0.798. The van der Waals surface area contributed by atoms with E-state index in [1.807, 2.05) is 6.92 Å². The minimum atomic E-state index is -0.950. The molecule has 0 bridgehead atoms. The van der Waals surface area contributed by atoms with Crippen molar-refractivity contribution in [3.8, 4) is 0 Å². The fourth-order valence-electron chi connectivity index (χ4n) is 2.04. The predicted molar refractivity (Wildman–Crippen MR) is 67.3 cm³/mol. The van der Waals surface area contributed by atoms with Crippen LogP contribution in [0.4, 0.5) is 0 Å². The minimum Gasteiger partial charge on any atom is -0.480 e. The van der Waals surface area contributed by atoms with Crippen LogP contribution in [-0.2, 0) is 11.8 Å². The number of carboxylic acids is 1. The molecule has 2 rings (SSSR count). The van der Waals surface area contributed by atoms with E-state index < -0.39 is 12.0 Å². The Bertz CT molecular complexity index is 474. The number of carbonyl (C=O) groups is 2. The van der Waals surface area contributed by atoms with E-state index in [1.54, 1.807) is 11.6 Å². The summed E-state index contributed by atoms with van der Waals surface area (Å²) in [5.74, 6) is -0.773. The molecule has 1 aliphatic heterocycles. The van der Waals surface area contributed by atoms with Gasteiger partial charge in [-0.1, -0.05) is 6.92 Å². The van der Waals surface area contributed by atoms with Crippen LogP contribution in [-0.4, -0.2) is 48.6 Å². The number of hydrogen-bond donors (Lipinski definition) is 1. The molecule has 2 heterocycles. The molecule has 98 valence electrons. The summed E-state index contributed by atoms with van der Waals surface area (Å²) in [6, 6.07) is -0.748. The first kappa shape index (κ1) is 12.9. The quantitative estimate of drug-likeness (QED) is 0.878. The van der Waals surface area contributed by atoms with E-state index in [1.165, 1.54) is 29.2 Å². The first-order valence-corrected chi connectivity index (χ1v) is 6.74. The lowest BCUT2D eigenvalue weighted by molar-refractivity contribution is -0.141. The van der Waals surface area contributed by atoms with E-state index >= 15 is 0 Å². The van der Waals surface area contributed by atoms with Crippen LogP contribution in [0.25, 0.3) is 0 Å². The van der Waals surface area contributed by atoms with Crippen LogP contribution in [0.15, 0.2) is 12.5 Å². The second kappa shape index (κ2) is 5.01. The fraction of sp³-hybridized carbons (Fsp3) is 0.545. The zero-order valence-corrected chi connectivity index (χ0v) is 11.1. The fourth-order valence-corrected chi connectivity index (χ4v) is 3.38. The maximum absolute atomic E-state index is 12.4. The van der Waals surface area contributed by atoms with Crippen molar-refractivity contribution in [1.82, 2.24) is 14.5 Å². The first-order valence-electron chi connectivity index (χ1n) is 5.69. The molecule has 2 atom stereocenters. The summed E-state index contributed by atoms with van der Waals surface area (Å²) < 4.78 is 1.61. The van der Waals surface area contributed by atoms with E-state index in [4.69, 9.17) is 0 Å². The van der Waals surface area contributed by atoms with Crippen LogP contribution in [0.2, 0.25) is 0 Å². The molecule has 0 saturated carbocycles. The number of hydrogen-bond acceptors (Lipinski definition) is 4. The monoisotopic (exact) mass is 269 g/mol. The van der Waals surface area contributed by atoms with Gasteiger partial charge < -0.3 is 14.6 Å². The molecule has 1 aromatic heterocycles. The molecule has 1 aliphatic rings. The summed E-state index contributed by atoms with van der Waals surface area (Å²) in [7, 11) is 1.72. The van der Waals surface area contributed by atoms with Gasteiger partial charge >= 0.3 is 5.97 Å². The van der Waals surface area contributed by atoms with Crippen LogP contribution < -0.4 is 0 Å². The Morgan fingerprint density at radius 1 is 1.61 bits per heavy atom. The largest absolute Gasteiger partial charge is 0.480 e. The average Bonchev–Trinajstić information content (AvgIpc) is 2.93. The highest BCUT2D eigenvalue weighted by Crippen LogP contribution is 2.32. The van der Waals surface area contributed by atoms with Crippen LogP contribution in [0, 0.1) is 0 Å². The molecular weight excluding hydrogens is 254 g/mol. The van der Waals surface area contributed by atoms with Crippen molar-refractivity contribution in [2.75, 3.05) is 5.75 Å². The molecule has 0 spiro atoms. The van der Waals surface area contributed by atoms with Gasteiger partial charge in [-0.2, -0.15) is 0 Å². The van der Waals surface area contributed by atoms with Gasteiger partial charge in [-0.25, -0.2) is 9.78 Å². The van der Waals surface area contributed by atoms with Gasteiger partial charge in [0.2, 0.25) is 0 Å². The van der Waals surface area contributed by atoms with Crippen LogP contribution in [0.3, 0.4) is 0 Å². The molecule has 6 nitrogen and oxygen atoms in total. The van der Waals surface area contributed by atoms with E-state index in [-0.39, 0.29) is 11.3 Å². The maximum atomic E-state index is 12.4. The molecule has 0 aromatic carbocycles. The minimum absolute atomic E-state index is 0.0755. The highest BCUT2D eigenvalue weighted by molar-refractivity contribution is 8.00. The van der Waals surface area contributed by atoms with Crippen molar-refractivity contribution in [3.05, 3.63) is 18.2 Å². The lowest BCUT2D eigenvalue weighted by atomic mass is 10.2. The number of imidazole rings is 1. The normalized spacial score (nSPS) is 23.3. The van der Waals surface area contributed by atoms with Crippen LogP contribution >= 0.6 is 11.8 Å². The second-order valence-electron chi connectivity index (χ2n) is 4.15. The Labute approximate surface area is 109 Å². The van der Waals surface area contributed by atoms with Gasteiger partial charge in [0.05, 0.1) is 17.9 Å². The SMILES string of the molecule is CCC1SCC(C(=O)O)N1C(=O)c1cncn1C. The number of aryl methyl sites for hydroxylation is 1. The molecule has 18 heavy (non-hydrogen) atoms. The van der Waals surface area contributed by atoms with E-state index in [9.17, 15) is 14.7 Å². The number of nitrogens with zero attached hydrogens (tertiary/aromatic N) is 3. The van der Waals surface area contributed by atoms with Gasteiger partial charge in [0.15, 0.2) is 0 Å². The van der Waals surface area contributed by atoms with Gasteiger partial charge in [0, 0.05) is 12.8 Å². The Balaban J connectivity index is 2.30. The molecule has 1 fully saturated rings. The third-order valence-electron chi connectivity index (χ3n) is 3.00. The molecule has 2 unspecified atom stereocenters. The standard InChI is InChI=1S/C11H15N3O3S/c1-3-9-14(8(5-18-9)11(16)17)10(15)7-4-12-6-13(7)2/h4,6,8-9H,3,5H2,1-2H3,(H,16,17). The summed E-state index contributed by atoms with van der Waals surface area (Å²) in [4.78, 5) is 29.0. The molecule has 1 aromatic rings. The Morgan fingerprint density at radius 2 is 2.33 bits per heavy atom. The summed E-state index contributed by atoms with van der Waals surface area (Å²) in [5, 5.41) is 9.11. The number of amides is 1. The van der Waals surface area contributed by atoms with Crippen LogP contribution in [0.1, 0.15) is 23.8 Å². The molecule has 7 heteroatoms. The number of rotatable bonds is 3. The average molecular weight is 269 g/mol. The first-order chi connectivity index (χ1) is 8.56. The van der Waals surface area contributed by atoms with Crippen molar-refractivity contribution < 1.29 is 14.7 Å². The smallest absolute Gasteiger partial charge is 0.327 e. The lowest BCUT2D eigenvalue weighted by Crippen LogP contribution is -2.45. The third kappa shape index (κ3) is 2.10. The molecule has 1 N–H and O–H groups in total. The zero-order chi connectivity index (χ0) is 13.3. The van der Waals surface area contributed by atoms with E-state index in [0.29, 0.717) is 11.4 Å². The number of aromatic nitrogens is 2. The number of aliphatic carboxylic acids is 1. The summed E-state index contributed by atoms with van der Waals surface area (Å²) >= 11 is 1.51. The lowest BCUT2D eigenvalue weighted by Gasteiger charge is -2.26. The second-order valence-corrected chi connectivity index (χ2v) is 5.36. The van der Waals surface area contributed by atoms with Gasteiger partial charge in [-0.3, -0.25) is 4.79 Å². The highest BCUT2D eigenvalue weighted by Gasteiger charge is 2.41. The maximum Gasteiger partial charge on any atom is 0.327 e. The van der Waals surface area contributed by atoms with E-state index in [0.717, 1.165) is 6.42 Å². The Kier molecular flexibility index (Phi) is 3.60. The number of thioether (sulfide) groups is 1. The van der Waals surface area contributed by atoms with Crippen molar-refractivity contribution in [2.45, 2.75) is 24.8 Å². The van der Waals surface area contributed by atoms with Crippen molar-refractivity contribution >= 4 is 23.6 Å².